The van der Waals surface area contributed by atoms with E-state index < -0.39 is 5.54 Å². The van der Waals surface area contributed by atoms with Gasteiger partial charge in [0.25, 0.3) is 0 Å². The van der Waals surface area contributed by atoms with E-state index in [2.05, 4.69) is 5.32 Å². The van der Waals surface area contributed by atoms with Crippen LogP contribution in [0.4, 0.5) is 0 Å². The number of para-hydroxylation sites is 1. The molecule has 1 aromatic rings. The lowest BCUT2D eigenvalue weighted by atomic mass is 9.93. The van der Waals surface area contributed by atoms with Crippen LogP contribution in [0.3, 0.4) is 0 Å². The Morgan fingerprint density at radius 2 is 2.05 bits per heavy atom. The van der Waals surface area contributed by atoms with E-state index in [4.69, 9.17) is 15.2 Å². The van der Waals surface area contributed by atoms with Gasteiger partial charge in [-0.1, -0.05) is 18.2 Å². The number of rotatable bonds is 9. The SMILES string of the molecule is CNC(COCCOc1ccccc1)(C(N)=O)C1CC1. The first-order valence-electron chi connectivity index (χ1n) is 6.93. The summed E-state index contributed by atoms with van der Waals surface area (Å²) in [7, 11) is 1.76. The van der Waals surface area contributed by atoms with E-state index >= 15 is 0 Å². The minimum Gasteiger partial charge on any atom is -0.491 e. The topological polar surface area (TPSA) is 73.6 Å². The molecule has 0 radical (unpaired) electrons. The number of ether oxygens (including phenoxy) is 2. The van der Waals surface area contributed by atoms with Crippen molar-refractivity contribution in [3.63, 3.8) is 0 Å². The summed E-state index contributed by atoms with van der Waals surface area (Å²) in [5.41, 5.74) is 4.79. The van der Waals surface area contributed by atoms with E-state index in [1.54, 1.807) is 7.05 Å². The van der Waals surface area contributed by atoms with Crippen LogP contribution in [-0.2, 0) is 9.53 Å². The van der Waals surface area contributed by atoms with Crippen LogP contribution in [0.1, 0.15) is 12.8 Å². The van der Waals surface area contributed by atoms with Crippen molar-refractivity contribution >= 4 is 5.91 Å². The predicted molar refractivity (Wildman–Crippen MR) is 76.5 cm³/mol. The average Bonchev–Trinajstić information content (AvgIpc) is 3.29. The fourth-order valence-corrected chi connectivity index (χ4v) is 2.33. The van der Waals surface area contributed by atoms with Crippen molar-refractivity contribution in [2.24, 2.45) is 11.7 Å². The molecule has 0 aromatic heterocycles. The number of hydrogen-bond donors (Lipinski definition) is 2. The van der Waals surface area contributed by atoms with Gasteiger partial charge in [-0.2, -0.15) is 0 Å². The van der Waals surface area contributed by atoms with Crippen molar-refractivity contribution in [1.82, 2.24) is 5.32 Å². The highest BCUT2D eigenvalue weighted by atomic mass is 16.5. The number of carbonyl (C=O) groups is 1. The van der Waals surface area contributed by atoms with Crippen molar-refractivity contribution in [2.45, 2.75) is 18.4 Å². The zero-order chi connectivity index (χ0) is 14.4. The number of carbonyl (C=O) groups excluding carboxylic acids is 1. The van der Waals surface area contributed by atoms with Crippen LogP contribution in [0.25, 0.3) is 0 Å². The summed E-state index contributed by atoms with van der Waals surface area (Å²) in [4.78, 5) is 11.7. The second-order valence-electron chi connectivity index (χ2n) is 5.07. The van der Waals surface area contributed by atoms with Gasteiger partial charge in [-0.3, -0.25) is 4.79 Å². The van der Waals surface area contributed by atoms with Gasteiger partial charge in [0.1, 0.15) is 17.9 Å². The quantitative estimate of drug-likeness (QED) is 0.659. The van der Waals surface area contributed by atoms with Crippen LogP contribution in [0, 0.1) is 5.92 Å². The van der Waals surface area contributed by atoms with E-state index in [1.807, 2.05) is 30.3 Å². The Bertz CT molecular complexity index is 434. The molecule has 0 spiro atoms. The van der Waals surface area contributed by atoms with Crippen LogP contribution >= 0.6 is 0 Å². The third-order valence-electron chi connectivity index (χ3n) is 3.73. The highest BCUT2D eigenvalue weighted by Gasteiger charge is 2.49. The van der Waals surface area contributed by atoms with Gasteiger partial charge in [-0.05, 0) is 37.9 Å². The summed E-state index contributed by atoms with van der Waals surface area (Å²) in [5, 5.41) is 3.05. The molecule has 1 atom stereocenters. The molecule has 20 heavy (non-hydrogen) atoms. The number of hydrogen-bond acceptors (Lipinski definition) is 4. The van der Waals surface area contributed by atoms with Gasteiger partial charge in [-0.25, -0.2) is 0 Å². The Labute approximate surface area is 119 Å². The molecule has 0 bridgehead atoms. The van der Waals surface area contributed by atoms with Gasteiger partial charge in [0.2, 0.25) is 5.91 Å². The first-order valence-corrected chi connectivity index (χ1v) is 6.93. The smallest absolute Gasteiger partial charge is 0.240 e. The maximum absolute atomic E-state index is 11.7. The van der Waals surface area contributed by atoms with E-state index in [-0.39, 0.29) is 5.91 Å². The van der Waals surface area contributed by atoms with E-state index in [0.717, 1.165) is 18.6 Å². The number of nitrogens with two attached hydrogens (primary N) is 1. The number of nitrogens with one attached hydrogen (secondary N) is 1. The van der Waals surface area contributed by atoms with Gasteiger partial charge in [-0.15, -0.1) is 0 Å². The van der Waals surface area contributed by atoms with E-state index in [1.165, 1.54) is 0 Å². The van der Waals surface area contributed by atoms with Gasteiger partial charge in [0.05, 0.1) is 13.2 Å². The molecule has 1 amide bonds. The Kier molecular flexibility index (Phi) is 4.98. The molecule has 5 nitrogen and oxygen atoms in total. The summed E-state index contributed by atoms with van der Waals surface area (Å²) in [6.07, 6.45) is 2.04. The van der Waals surface area contributed by atoms with Crippen LogP contribution in [0.15, 0.2) is 30.3 Å². The van der Waals surface area contributed by atoms with Crippen LogP contribution < -0.4 is 15.8 Å². The second kappa shape index (κ2) is 6.72. The summed E-state index contributed by atoms with van der Waals surface area (Å²) in [5.74, 6) is 0.764. The molecule has 1 aliphatic carbocycles. The monoisotopic (exact) mass is 278 g/mol. The van der Waals surface area contributed by atoms with Crippen molar-refractivity contribution in [1.29, 1.82) is 0 Å². The Morgan fingerprint density at radius 3 is 2.60 bits per heavy atom. The molecule has 1 fully saturated rings. The fourth-order valence-electron chi connectivity index (χ4n) is 2.33. The molecule has 1 saturated carbocycles. The van der Waals surface area contributed by atoms with E-state index in [0.29, 0.717) is 25.7 Å². The molecular weight excluding hydrogens is 256 g/mol. The zero-order valence-corrected chi connectivity index (χ0v) is 11.8. The van der Waals surface area contributed by atoms with Crippen molar-refractivity contribution in [3.8, 4) is 5.75 Å². The van der Waals surface area contributed by atoms with Crippen LogP contribution in [0.5, 0.6) is 5.75 Å². The Morgan fingerprint density at radius 1 is 1.35 bits per heavy atom. The third kappa shape index (κ3) is 3.49. The van der Waals surface area contributed by atoms with Gasteiger partial charge < -0.3 is 20.5 Å². The molecule has 1 aromatic carbocycles. The molecule has 110 valence electrons. The minimum absolute atomic E-state index is 0.292. The minimum atomic E-state index is -0.729. The lowest BCUT2D eigenvalue weighted by Crippen LogP contribution is -2.59. The summed E-state index contributed by atoms with van der Waals surface area (Å²) >= 11 is 0. The van der Waals surface area contributed by atoms with Gasteiger partial charge >= 0.3 is 0 Å². The number of benzene rings is 1. The lowest BCUT2D eigenvalue weighted by Gasteiger charge is -2.30. The van der Waals surface area contributed by atoms with E-state index in [9.17, 15) is 4.79 Å². The standard InChI is InChI=1S/C15H22N2O3/c1-17-15(14(16)18,12-7-8-12)11-19-9-10-20-13-5-3-2-4-6-13/h2-6,12,17H,7-11H2,1H3,(H2,16,18). The number of amides is 1. The van der Waals surface area contributed by atoms with Crippen molar-refractivity contribution in [3.05, 3.63) is 30.3 Å². The maximum atomic E-state index is 11.7. The highest BCUT2D eigenvalue weighted by Crippen LogP contribution is 2.39. The first kappa shape index (κ1) is 14.8. The third-order valence-corrected chi connectivity index (χ3v) is 3.73. The largest absolute Gasteiger partial charge is 0.491 e. The molecular formula is C15H22N2O3. The molecule has 3 N–H and O–H groups in total. The lowest BCUT2D eigenvalue weighted by molar-refractivity contribution is -0.128. The normalized spacial score (nSPS) is 17.4. The molecule has 1 unspecified atom stereocenters. The van der Waals surface area contributed by atoms with Crippen LogP contribution in [-0.4, -0.2) is 38.3 Å². The van der Waals surface area contributed by atoms with Crippen molar-refractivity contribution in [2.75, 3.05) is 26.9 Å². The molecule has 1 aliphatic rings. The summed E-state index contributed by atoms with van der Waals surface area (Å²) in [6, 6.07) is 9.56. The average molecular weight is 278 g/mol. The molecule has 0 aliphatic heterocycles. The van der Waals surface area contributed by atoms with Crippen molar-refractivity contribution < 1.29 is 14.3 Å². The zero-order valence-electron chi connectivity index (χ0n) is 11.8. The molecule has 0 saturated heterocycles. The fraction of sp³-hybridized carbons (Fsp3) is 0.533. The van der Waals surface area contributed by atoms with Crippen LogP contribution in [0.2, 0.25) is 0 Å². The summed E-state index contributed by atoms with van der Waals surface area (Å²) < 4.78 is 11.1. The molecule has 0 heterocycles. The van der Waals surface area contributed by atoms with Gasteiger partial charge in [0, 0.05) is 0 Å². The highest BCUT2D eigenvalue weighted by molar-refractivity contribution is 5.85. The number of primary amides is 1. The molecule has 2 rings (SSSR count). The predicted octanol–water partition coefficient (Wildman–Crippen LogP) is 0.935. The number of likely N-dealkylation sites (N-methyl/N-ethyl adjacent to an activating group) is 1. The Balaban J connectivity index is 1.73. The molecule has 5 heteroatoms. The first-order chi connectivity index (χ1) is 9.69. The van der Waals surface area contributed by atoms with Gasteiger partial charge in [0.15, 0.2) is 0 Å². The second-order valence-corrected chi connectivity index (χ2v) is 5.07. The maximum Gasteiger partial charge on any atom is 0.240 e. The Hall–Kier alpha value is -1.59. The summed E-state index contributed by atoms with van der Waals surface area (Å²) in [6.45, 7) is 1.17.